The molecular formula is C12H17N3O4. The SMILES string of the molecule is CC(C)N(CCO)c1cc(C(N)=O)ccc1[N+](=O)[O-]. The molecule has 1 rings (SSSR count). The summed E-state index contributed by atoms with van der Waals surface area (Å²) in [4.78, 5) is 23.3. The molecule has 0 atom stereocenters. The fourth-order valence-corrected chi connectivity index (χ4v) is 1.83. The molecule has 0 radical (unpaired) electrons. The molecule has 1 aromatic carbocycles. The number of nitro benzene ring substituents is 1. The number of aliphatic hydroxyl groups is 1. The van der Waals surface area contributed by atoms with Crippen LogP contribution < -0.4 is 10.6 Å². The summed E-state index contributed by atoms with van der Waals surface area (Å²) in [6.45, 7) is 3.78. The predicted octanol–water partition coefficient (Wildman–Crippen LogP) is 0.901. The van der Waals surface area contributed by atoms with Gasteiger partial charge in [-0.05, 0) is 26.0 Å². The molecule has 0 fully saturated rings. The Balaban J connectivity index is 3.37. The van der Waals surface area contributed by atoms with Gasteiger partial charge in [0.05, 0.1) is 11.5 Å². The van der Waals surface area contributed by atoms with Gasteiger partial charge in [-0.2, -0.15) is 0 Å². The Hall–Kier alpha value is -2.15. The average molecular weight is 267 g/mol. The second-order valence-electron chi connectivity index (χ2n) is 4.34. The van der Waals surface area contributed by atoms with E-state index in [-0.39, 0.29) is 36.1 Å². The molecule has 7 heteroatoms. The summed E-state index contributed by atoms with van der Waals surface area (Å²) in [6.07, 6.45) is 0. The van der Waals surface area contributed by atoms with E-state index in [0.29, 0.717) is 0 Å². The molecule has 0 aliphatic heterocycles. The predicted molar refractivity (Wildman–Crippen MR) is 71.2 cm³/mol. The van der Waals surface area contributed by atoms with Crippen molar-refractivity contribution in [2.45, 2.75) is 19.9 Å². The summed E-state index contributed by atoms with van der Waals surface area (Å²) in [6, 6.07) is 3.90. The molecule has 0 saturated heterocycles. The van der Waals surface area contributed by atoms with Crippen molar-refractivity contribution in [1.82, 2.24) is 0 Å². The van der Waals surface area contributed by atoms with Crippen LogP contribution in [0.15, 0.2) is 18.2 Å². The maximum Gasteiger partial charge on any atom is 0.292 e. The van der Waals surface area contributed by atoms with Crippen LogP contribution in [0.3, 0.4) is 0 Å². The summed E-state index contributed by atoms with van der Waals surface area (Å²) in [5.41, 5.74) is 5.55. The molecule has 0 aliphatic rings. The van der Waals surface area contributed by atoms with Crippen LogP contribution in [0.5, 0.6) is 0 Å². The molecule has 0 aromatic heterocycles. The van der Waals surface area contributed by atoms with Crippen molar-refractivity contribution in [3.63, 3.8) is 0 Å². The minimum absolute atomic E-state index is 0.0611. The number of carbonyl (C=O) groups is 1. The molecule has 0 aliphatic carbocycles. The number of aliphatic hydroxyl groups excluding tert-OH is 1. The number of rotatable bonds is 6. The lowest BCUT2D eigenvalue weighted by molar-refractivity contribution is -0.384. The normalized spacial score (nSPS) is 10.5. The zero-order chi connectivity index (χ0) is 14.6. The number of nitrogens with zero attached hydrogens (tertiary/aromatic N) is 2. The second kappa shape index (κ2) is 6.14. The minimum Gasteiger partial charge on any atom is -0.395 e. The van der Waals surface area contributed by atoms with E-state index in [1.807, 2.05) is 13.8 Å². The Bertz CT molecular complexity index is 488. The van der Waals surface area contributed by atoms with E-state index >= 15 is 0 Å². The molecule has 1 aromatic rings. The minimum atomic E-state index is -0.649. The third kappa shape index (κ3) is 3.41. The van der Waals surface area contributed by atoms with Gasteiger partial charge in [0.15, 0.2) is 0 Å². The summed E-state index contributed by atoms with van der Waals surface area (Å²) >= 11 is 0. The third-order valence-corrected chi connectivity index (χ3v) is 2.73. The zero-order valence-corrected chi connectivity index (χ0v) is 10.9. The molecule has 104 valence electrons. The highest BCUT2D eigenvalue weighted by Gasteiger charge is 2.22. The first-order valence-electron chi connectivity index (χ1n) is 5.84. The van der Waals surface area contributed by atoms with Crippen LogP contribution in [0.1, 0.15) is 24.2 Å². The number of amides is 1. The largest absolute Gasteiger partial charge is 0.395 e. The molecule has 0 saturated carbocycles. The monoisotopic (exact) mass is 267 g/mol. The average Bonchev–Trinajstić information content (AvgIpc) is 2.34. The standard InChI is InChI=1S/C12H17N3O4/c1-8(2)14(5-6-16)11-7-9(12(13)17)3-4-10(11)15(18)19/h3-4,7-8,16H,5-6H2,1-2H3,(H2,13,17). The van der Waals surface area contributed by atoms with Crippen LogP contribution in [-0.2, 0) is 0 Å². The highest BCUT2D eigenvalue weighted by atomic mass is 16.6. The fourth-order valence-electron chi connectivity index (χ4n) is 1.83. The van der Waals surface area contributed by atoms with E-state index in [1.165, 1.54) is 18.2 Å². The van der Waals surface area contributed by atoms with Gasteiger partial charge < -0.3 is 15.7 Å². The zero-order valence-electron chi connectivity index (χ0n) is 10.9. The highest BCUT2D eigenvalue weighted by Crippen LogP contribution is 2.30. The number of nitrogens with two attached hydrogens (primary N) is 1. The van der Waals surface area contributed by atoms with E-state index < -0.39 is 10.8 Å². The van der Waals surface area contributed by atoms with E-state index in [9.17, 15) is 14.9 Å². The lowest BCUT2D eigenvalue weighted by Gasteiger charge is -2.28. The van der Waals surface area contributed by atoms with Crippen molar-refractivity contribution < 1.29 is 14.8 Å². The molecule has 3 N–H and O–H groups in total. The van der Waals surface area contributed by atoms with Crippen LogP contribution in [0.25, 0.3) is 0 Å². The van der Waals surface area contributed by atoms with Crippen molar-refractivity contribution in [3.8, 4) is 0 Å². The number of carbonyl (C=O) groups excluding carboxylic acids is 1. The lowest BCUT2D eigenvalue weighted by atomic mass is 10.1. The maximum absolute atomic E-state index is 11.2. The van der Waals surface area contributed by atoms with E-state index in [4.69, 9.17) is 10.8 Å². The van der Waals surface area contributed by atoms with Crippen molar-refractivity contribution in [3.05, 3.63) is 33.9 Å². The summed E-state index contributed by atoms with van der Waals surface area (Å²) in [7, 11) is 0. The fraction of sp³-hybridized carbons (Fsp3) is 0.417. The number of nitro groups is 1. The van der Waals surface area contributed by atoms with Gasteiger partial charge in [0.1, 0.15) is 5.69 Å². The van der Waals surface area contributed by atoms with Crippen molar-refractivity contribution in [2.24, 2.45) is 5.73 Å². The number of hydrogen-bond acceptors (Lipinski definition) is 5. The first kappa shape index (κ1) is 14.9. The van der Waals surface area contributed by atoms with Gasteiger partial charge >= 0.3 is 0 Å². The van der Waals surface area contributed by atoms with Gasteiger partial charge in [0.25, 0.3) is 5.69 Å². The first-order chi connectivity index (χ1) is 8.88. The first-order valence-corrected chi connectivity index (χ1v) is 5.84. The lowest BCUT2D eigenvalue weighted by Crippen LogP contribution is -2.34. The molecule has 1 amide bonds. The van der Waals surface area contributed by atoms with E-state index in [1.54, 1.807) is 4.90 Å². The molecule has 0 unspecified atom stereocenters. The third-order valence-electron chi connectivity index (χ3n) is 2.73. The van der Waals surface area contributed by atoms with Crippen LogP contribution >= 0.6 is 0 Å². The molecule has 0 bridgehead atoms. The van der Waals surface area contributed by atoms with Gasteiger partial charge in [-0.15, -0.1) is 0 Å². The molecule has 7 nitrogen and oxygen atoms in total. The van der Waals surface area contributed by atoms with Crippen molar-refractivity contribution in [2.75, 3.05) is 18.1 Å². The topological polar surface area (TPSA) is 110 Å². The number of benzene rings is 1. The van der Waals surface area contributed by atoms with Crippen molar-refractivity contribution >= 4 is 17.3 Å². The van der Waals surface area contributed by atoms with Crippen LogP contribution in [0.2, 0.25) is 0 Å². The van der Waals surface area contributed by atoms with Gasteiger partial charge in [-0.25, -0.2) is 0 Å². The van der Waals surface area contributed by atoms with Crippen LogP contribution in [0, 0.1) is 10.1 Å². The Labute approximate surface area is 110 Å². The Morgan fingerprint density at radius 2 is 2.16 bits per heavy atom. The van der Waals surface area contributed by atoms with Gasteiger partial charge in [0.2, 0.25) is 5.91 Å². The number of anilines is 1. The Morgan fingerprint density at radius 3 is 2.58 bits per heavy atom. The van der Waals surface area contributed by atoms with Gasteiger partial charge in [-0.3, -0.25) is 14.9 Å². The molecule has 0 heterocycles. The highest BCUT2D eigenvalue weighted by molar-refractivity contribution is 5.94. The quantitative estimate of drug-likeness (QED) is 0.587. The molecule has 0 spiro atoms. The Kier molecular flexibility index (Phi) is 4.82. The summed E-state index contributed by atoms with van der Waals surface area (Å²) in [5.74, 6) is -0.649. The molecular weight excluding hydrogens is 250 g/mol. The number of primary amides is 1. The Morgan fingerprint density at radius 1 is 1.53 bits per heavy atom. The summed E-state index contributed by atoms with van der Waals surface area (Å²) in [5, 5.41) is 20.1. The molecule has 19 heavy (non-hydrogen) atoms. The smallest absolute Gasteiger partial charge is 0.292 e. The second-order valence-corrected chi connectivity index (χ2v) is 4.34. The van der Waals surface area contributed by atoms with Crippen LogP contribution in [0.4, 0.5) is 11.4 Å². The van der Waals surface area contributed by atoms with Gasteiger partial charge in [0, 0.05) is 24.2 Å². The van der Waals surface area contributed by atoms with Gasteiger partial charge in [-0.1, -0.05) is 0 Å². The van der Waals surface area contributed by atoms with Crippen LogP contribution in [-0.4, -0.2) is 35.1 Å². The van der Waals surface area contributed by atoms with E-state index in [2.05, 4.69) is 0 Å². The summed E-state index contributed by atoms with van der Waals surface area (Å²) < 4.78 is 0. The maximum atomic E-state index is 11.2. The number of hydrogen-bond donors (Lipinski definition) is 2. The van der Waals surface area contributed by atoms with E-state index in [0.717, 1.165) is 0 Å². The van der Waals surface area contributed by atoms with Crippen molar-refractivity contribution in [1.29, 1.82) is 0 Å².